The molecule has 0 spiro atoms. The van der Waals surface area contributed by atoms with Gasteiger partial charge < -0.3 is 16.4 Å². The highest BCUT2D eigenvalue weighted by atomic mass is 32.2. The first-order valence-corrected chi connectivity index (χ1v) is 8.17. The summed E-state index contributed by atoms with van der Waals surface area (Å²) in [4.78, 5) is 26.5. The number of hydrogen-bond donors (Lipinski definition) is 3. The monoisotopic (exact) mass is 374 g/mol. The number of nitrogens with two attached hydrogens (primary N) is 1. The Morgan fingerprint density at radius 2 is 2.08 bits per heavy atom. The third kappa shape index (κ3) is 4.44. The van der Waals surface area contributed by atoms with Gasteiger partial charge in [-0.3, -0.25) is 14.6 Å². The SMILES string of the molecule is CC1(C(F)(F)F)SC(=NCc2ccccc2NCCC(N)=O)NC1=O. The molecule has 1 aliphatic heterocycles. The average Bonchev–Trinajstić information content (AvgIpc) is 2.81. The topological polar surface area (TPSA) is 96.6 Å². The molecule has 1 heterocycles. The summed E-state index contributed by atoms with van der Waals surface area (Å²) >= 11 is 0.358. The highest BCUT2D eigenvalue weighted by molar-refractivity contribution is 8.16. The normalized spacial score (nSPS) is 22.1. The summed E-state index contributed by atoms with van der Waals surface area (Å²) in [6.45, 7) is 1.24. The number of carbonyl (C=O) groups excluding carboxylic acids is 2. The van der Waals surface area contributed by atoms with Gasteiger partial charge in [0.25, 0.3) is 5.91 Å². The highest BCUT2D eigenvalue weighted by Gasteiger charge is 2.61. The fourth-order valence-electron chi connectivity index (χ4n) is 2.05. The maximum atomic E-state index is 13.0. The number of nitrogens with zero attached hydrogens (tertiary/aromatic N) is 1. The molecule has 0 aliphatic carbocycles. The van der Waals surface area contributed by atoms with E-state index in [-0.39, 0.29) is 18.1 Å². The van der Waals surface area contributed by atoms with Crippen molar-refractivity contribution in [2.75, 3.05) is 11.9 Å². The second-order valence-electron chi connectivity index (χ2n) is 5.51. The molecular formula is C15H17F3N4O2S. The summed E-state index contributed by atoms with van der Waals surface area (Å²) in [6, 6.07) is 7.04. The van der Waals surface area contributed by atoms with Crippen molar-refractivity contribution in [3.05, 3.63) is 29.8 Å². The average molecular weight is 374 g/mol. The van der Waals surface area contributed by atoms with Gasteiger partial charge in [-0.25, -0.2) is 0 Å². The Balaban J connectivity index is 2.08. The van der Waals surface area contributed by atoms with E-state index < -0.39 is 22.7 Å². The maximum Gasteiger partial charge on any atom is 0.412 e. The van der Waals surface area contributed by atoms with Crippen LogP contribution in [0.2, 0.25) is 0 Å². The van der Waals surface area contributed by atoms with Crippen LogP contribution in [-0.4, -0.2) is 34.5 Å². The number of hydrogen-bond acceptors (Lipinski definition) is 5. The van der Waals surface area contributed by atoms with Gasteiger partial charge in [0.15, 0.2) is 9.91 Å². The molecule has 10 heteroatoms. The Kier molecular flexibility index (Phi) is 5.61. The highest BCUT2D eigenvalue weighted by Crippen LogP contribution is 2.45. The van der Waals surface area contributed by atoms with Crippen LogP contribution in [0.4, 0.5) is 18.9 Å². The third-order valence-electron chi connectivity index (χ3n) is 3.59. The van der Waals surface area contributed by atoms with Gasteiger partial charge in [-0.15, -0.1) is 0 Å². The number of halogens is 3. The number of amides is 2. The van der Waals surface area contributed by atoms with Crippen LogP contribution in [0.15, 0.2) is 29.3 Å². The van der Waals surface area contributed by atoms with Crippen LogP contribution in [0.25, 0.3) is 0 Å². The molecule has 1 aromatic rings. The second kappa shape index (κ2) is 7.34. The Morgan fingerprint density at radius 1 is 1.40 bits per heavy atom. The molecule has 1 unspecified atom stereocenters. The molecule has 2 rings (SSSR count). The standard InChI is InChI=1S/C15H17F3N4O2S/c1-14(15(16,17)18)12(24)22-13(25-14)21-8-9-4-2-3-5-10(9)20-7-6-11(19)23/h2-5,20H,6-8H2,1H3,(H2,19,23)(H,21,22,24). The van der Waals surface area contributed by atoms with Crippen LogP contribution in [0.1, 0.15) is 18.9 Å². The molecule has 136 valence electrons. The first kappa shape index (κ1) is 19.1. The van der Waals surface area contributed by atoms with E-state index in [1.807, 2.05) is 0 Å². The van der Waals surface area contributed by atoms with E-state index in [4.69, 9.17) is 5.73 Å². The van der Waals surface area contributed by atoms with Crippen molar-refractivity contribution in [2.45, 2.75) is 30.8 Å². The first-order valence-electron chi connectivity index (χ1n) is 7.35. The number of primary amides is 1. The van der Waals surface area contributed by atoms with Gasteiger partial charge in [0.05, 0.1) is 6.54 Å². The zero-order valence-electron chi connectivity index (χ0n) is 13.3. The Morgan fingerprint density at radius 3 is 2.68 bits per heavy atom. The maximum absolute atomic E-state index is 13.0. The summed E-state index contributed by atoms with van der Waals surface area (Å²) in [7, 11) is 0. The number of benzene rings is 1. The van der Waals surface area contributed by atoms with Gasteiger partial charge in [-0.2, -0.15) is 13.2 Å². The number of thioether (sulfide) groups is 1. The van der Waals surface area contributed by atoms with Crippen LogP contribution in [0, 0.1) is 0 Å². The lowest BCUT2D eigenvalue weighted by Gasteiger charge is -2.21. The molecule has 0 radical (unpaired) electrons. The number of alkyl halides is 3. The summed E-state index contributed by atoms with van der Waals surface area (Å²) in [6.07, 6.45) is -4.52. The smallest absolute Gasteiger partial charge is 0.384 e. The molecule has 0 aromatic heterocycles. The van der Waals surface area contributed by atoms with Crippen LogP contribution < -0.4 is 16.4 Å². The number of amidine groups is 1. The van der Waals surface area contributed by atoms with Gasteiger partial charge in [0, 0.05) is 18.7 Å². The van der Waals surface area contributed by atoms with Gasteiger partial charge in [0.1, 0.15) is 0 Å². The quantitative estimate of drug-likeness (QED) is 0.710. The predicted molar refractivity (Wildman–Crippen MR) is 90.1 cm³/mol. The van der Waals surface area contributed by atoms with E-state index in [0.29, 0.717) is 24.0 Å². The summed E-state index contributed by atoms with van der Waals surface area (Å²) in [5, 5.41) is 5.12. The zero-order valence-corrected chi connectivity index (χ0v) is 14.1. The Labute approximate surface area is 146 Å². The molecular weight excluding hydrogens is 357 g/mol. The van der Waals surface area contributed by atoms with E-state index >= 15 is 0 Å². The third-order valence-corrected chi connectivity index (χ3v) is 4.84. The van der Waals surface area contributed by atoms with Crippen molar-refractivity contribution in [3.63, 3.8) is 0 Å². The van der Waals surface area contributed by atoms with Crippen molar-refractivity contribution in [3.8, 4) is 0 Å². The number of carbonyl (C=O) groups is 2. The number of anilines is 1. The molecule has 0 saturated carbocycles. The van der Waals surface area contributed by atoms with Crippen molar-refractivity contribution < 1.29 is 22.8 Å². The van der Waals surface area contributed by atoms with E-state index in [1.165, 1.54) is 0 Å². The number of nitrogens with one attached hydrogen (secondary N) is 2. The number of aliphatic imine (C=N–C) groups is 1. The second-order valence-corrected chi connectivity index (χ2v) is 6.92. The molecule has 6 nitrogen and oxygen atoms in total. The predicted octanol–water partition coefficient (Wildman–Crippen LogP) is 2.01. The van der Waals surface area contributed by atoms with Crippen LogP contribution in [0.5, 0.6) is 0 Å². The molecule has 0 bridgehead atoms. The summed E-state index contributed by atoms with van der Waals surface area (Å²) in [5.41, 5.74) is 6.49. The fourth-order valence-corrected chi connectivity index (χ4v) is 2.97. The molecule has 1 atom stereocenters. The molecule has 1 aromatic carbocycles. The van der Waals surface area contributed by atoms with E-state index in [2.05, 4.69) is 15.6 Å². The fraction of sp³-hybridized carbons (Fsp3) is 0.400. The lowest BCUT2D eigenvalue weighted by Crippen LogP contribution is -2.46. The summed E-state index contributed by atoms with van der Waals surface area (Å²) in [5.74, 6) is -1.57. The van der Waals surface area contributed by atoms with Gasteiger partial charge in [-0.05, 0) is 18.6 Å². The van der Waals surface area contributed by atoms with E-state index in [9.17, 15) is 22.8 Å². The summed E-state index contributed by atoms with van der Waals surface area (Å²) < 4.78 is 36.5. The van der Waals surface area contributed by atoms with Gasteiger partial charge in [0.2, 0.25) is 5.91 Å². The lowest BCUT2D eigenvalue weighted by molar-refractivity contribution is -0.166. The Hall–Kier alpha value is -2.23. The first-order chi connectivity index (χ1) is 11.6. The molecule has 1 aliphatic rings. The van der Waals surface area contributed by atoms with E-state index in [1.54, 1.807) is 24.3 Å². The van der Waals surface area contributed by atoms with Crippen LogP contribution >= 0.6 is 11.8 Å². The number of rotatable bonds is 6. The molecule has 2 amide bonds. The zero-order chi connectivity index (χ0) is 18.7. The largest absolute Gasteiger partial charge is 0.412 e. The minimum atomic E-state index is -4.67. The molecule has 1 saturated heterocycles. The molecule has 25 heavy (non-hydrogen) atoms. The minimum absolute atomic E-state index is 0.0724. The van der Waals surface area contributed by atoms with Crippen molar-refractivity contribution in [2.24, 2.45) is 10.7 Å². The van der Waals surface area contributed by atoms with Crippen molar-refractivity contribution in [1.82, 2.24) is 5.32 Å². The van der Waals surface area contributed by atoms with Crippen LogP contribution in [-0.2, 0) is 16.1 Å². The molecule has 1 fully saturated rings. The molecule has 4 N–H and O–H groups in total. The van der Waals surface area contributed by atoms with Gasteiger partial charge >= 0.3 is 6.18 Å². The van der Waals surface area contributed by atoms with Crippen LogP contribution in [0.3, 0.4) is 0 Å². The van der Waals surface area contributed by atoms with Crippen molar-refractivity contribution >= 4 is 34.4 Å². The number of para-hydroxylation sites is 1. The lowest BCUT2D eigenvalue weighted by atomic mass is 10.1. The van der Waals surface area contributed by atoms with Gasteiger partial charge in [-0.1, -0.05) is 30.0 Å². The van der Waals surface area contributed by atoms with E-state index in [0.717, 1.165) is 12.5 Å². The van der Waals surface area contributed by atoms with Crippen molar-refractivity contribution in [1.29, 1.82) is 0 Å². The minimum Gasteiger partial charge on any atom is -0.384 e. The Bertz CT molecular complexity index is 708.